The first-order chi connectivity index (χ1) is 13.9. The third kappa shape index (κ3) is 3.38. The van der Waals surface area contributed by atoms with Gasteiger partial charge in [0.15, 0.2) is 0 Å². The van der Waals surface area contributed by atoms with E-state index in [0.29, 0.717) is 24.2 Å². The minimum Gasteiger partial charge on any atom is -0.462 e. The molecule has 0 radical (unpaired) electrons. The maximum absolute atomic E-state index is 12.6. The number of fused-ring (bicyclic) bond motifs is 5. The molecule has 3 unspecified atom stereocenters. The van der Waals surface area contributed by atoms with Crippen molar-refractivity contribution in [1.29, 1.82) is 0 Å². The van der Waals surface area contributed by atoms with E-state index in [1.54, 1.807) is 12.2 Å². The molecule has 0 spiro atoms. The smallest absolute Gasteiger partial charge is 0.462 e. The fourth-order valence-electron chi connectivity index (χ4n) is 6.97. The van der Waals surface area contributed by atoms with E-state index in [-0.39, 0.29) is 28.7 Å². The largest absolute Gasteiger partial charge is 0.491 e. The molecule has 3 fully saturated rings. The molecule has 166 valence electrons. The van der Waals surface area contributed by atoms with Crippen molar-refractivity contribution in [3.8, 4) is 0 Å². The van der Waals surface area contributed by atoms with Gasteiger partial charge in [0, 0.05) is 12.3 Å². The van der Waals surface area contributed by atoms with E-state index in [0.717, 1.165) is 44.1 Å². The van der Waals surface area contributed by atoms with Gasteiger partial charge in [-0.2, -0.15) is 13.2 Å². The minimum atomic E-state index is -4.99. The maximum atomic E-state index is 12.6. The van der Waals surface area contributed by atoms with Crippen LogP contribution in [0, 0.1) is 28.6 Å². The Morgan fingerprint density at radius 1 is 1.10 bits per heavy atom. The van der Waals surface area contributed by atoms with Crippen LogP contribution in [0.1, 0.15) is 65.7 Å². The van der Waals surface area contributed by atoms with Gasteiger partial charge in [0.25, 0.3) is 0 Å². The Bertz CT molecular complexity index is 814. The summed E-state index contributed by atoms with van der Waals surface area (Å²) in [6, 6.07) is 0. The second-order valence-corrected chi connectivity index (χ2v) is 9.92. The summed E-state index contributed by atoms with van der Waals surface area (Å²) < 4.78 is 47.9. The quantitative estimate of drug-likeness (QED) is 0.549. The van der Waals surface area contributed by atoms with Crippen molar-refractivity contribution >= 4 is 11.9 Å². The number of hydrogen-bond donors (Lipinski definition) is 0. The lowest BCUT2D eigenvalue weighted by Crippen LogP contribution is -2.51. The summed E-state index contributed by atoms with van der Waals surface area (Å²) in [6.45, 7) is 5.94. The van der Waals surface area contributed by atoms with Gasteiger partial charge in [-0.05, 0) is 80.3 Å². The van der Waals surface area contributed by atoms with Crippen molar-refractivity contribution in [1.82, 2.24) is 0 Å². The van der Waals surface area contributed by atoms with Gasteiger partial charge in [0.1, 0.15) is 11.9 Å². The number of allylic oxidation sites excluding steroid dienone is 3. The zero-order chi connectivity index (χ0) is 21.9. The monoisotopic (exact) mass is 426 g/mol. The molecule has 7 heteroatoms. The first-order valence-corrected chi connectivity index (χ1v) is 10.8. The Labute approximate surface area is 174 Å². The first-order valence-electron chi connectivity index (χ1n) is 10.8. The molecular formula is C23H29F3O4. The Morgan fingerprint density at radius 2 is 1.83 bits per heavy atom. The molecule has 4 aliphatic rings. The summed E-state index contributed by atoms with van der Waals surface area (Å²) in [5.74, 6) is -0.934. The molecule has 0 N–H and O–H groups in total. The molecule has 0 aromatic rings. The number of ether oxygens (including phenoxy) is 2. The average Bonchev–Trinajstić information content (AvgIpc) is 2.97. The highest BCUT2D eigenvalue weighted by molar-refractivity contribution is 5.77. The topological polar surface area (TPSA) is 52.6 Å². The highest BCUT2D eigenvalue weighted by atomic mass is 19.4. The molecule has 0 amide bonds. The van der Waals surface area contributed by atoms with E-state index >= 15 is 0 Å². The molecule has 3 saturated carbocycles. The second kappa shape index (κ2) is 7.13. The molecule has 4 nitrogen and oxygen atoms in total. The van der Waals surface area contributed by atoms with E-state index in [1.165, 1.54) is 6.92 Å². The van der Waals surface area contributed by atoms with Gasteiger partial charge in [0.05, 0.1) is 0 Å². The summed E-state index contributed by atoms with van der Waals surface area (Å²) in [6.07, 6.45) is 4.58. The van der Waals surface area contributed by atoms with E-state index in [2.05, 4.69) is 18.6 Å². The van der Waals surface area contributed by atoms with Gasteiger partial charge in [-0.25, -0.2) is 4.79 Å². The molecule has 6 atom stereocenters. The van der Waals surface area contributed by atoms with Crippen molar-refractivity contribution in [2.75, 3.05) is 0 Å². The third-order valence-corrected chi connectivity index (χ3v) is 8.44. The van der Waals surface area contributed by atoms with Gasteiger partial charge in [-0.15, -0.1) is 0 Å². The Balaban J connectivity index is 1.52. The number of esters is 2. The summed E-state index contributed by atoms with van der Waals surface area (Å²) in [4.78, 5) is 22.8. The van der Waals surface area contributed by atoms with Gasteiger partial charge >= 0.3 is 18.1 Å². The van der Waals surface area contributed by atoms with Crippen LogP contribution in [0.25, 0.3) is 0 Å². The number of alkyl halides is 3. The lowest BCUT2D eigenvalue weighted by molar-refractivity contribution is -0.195. The van der Waals surface area contributed by atoms with Crippen LogP contribution in [0.4, 0.5) is 13.2 Å². The summed E-state index contributed by atoms with van der Waals surface area (Å²) >= 11 is 0. The molecule has 0 bridgehead atoms. The Kier molecular flexibility index (Phi) is 5.09. The van der Waals surface area contributed by atoms with Crippen molar-refractivity contribution < 1.29 is 32.2 Å². The van der Waals surface area contributed by atoms with E-state index in [9.17, 15) is 22.8 Å². The lowest BCUT2D eigenvalue weighted by Gasteiger charge is -2.57. The van der Waals surface area contributed by atoms with Crippen molar-refractivity contribution in [3.63, 3.8) is 0 Å². The number of carbonyl (C=O) groups is 2. The number of carbonyl (C=O) groups excluding carboxylic acids is 2. The fraction of sp³-hybridized carbons (Fsp3) is 0.739. The summed E-state index contributed by atoms with van der Waals surface area (Å²) in [5, 5.41) is 0. The summed E-state index contributed by atoms with van der Waals surface area (Å²) in [7, 11) is 0. The predicted octanol–water partition coefficient (Wildman–Crippen LogP) is 5.48. The molecular weight excluding hydrogens is 397 g/mol. The van der Waals surface area contributed by atoms with Crippen LogP contribution in [0.5, 0.6) is 0 Å². The van der Waals surface area contributed by atoms with Crippen molar-refractivity contribution in [2.24, 2.45) is 28.6 Å². The van der Waals surface area contributed by atoms with E-state index in [4.69, 9.17) is 4.74 Å². The highest BCUT2D eigenvalue weighted by Gasteiger charge is 2.59. The van der Waals surface area contributed by atoms with Crippen molar-refractivity contribution in [2.45, 2.75) is 78.0 Å². The number of hydrogen-bond acceptors (Lipinski definition) is 4. The Hall–Kier alpha value is -1.79. The van der Waals surface area contributed by atoms with Crippen LogP contribution in [-0.2, 0) is 19.1 Å². The summed E-state index contributed by atoms with van der Waals surface area (Å²) in [5.41, 5.74) is 0.967. The fourth-order valence-corrected chi connectivity index (χ4v) is 6.97. The van der Waals surface area contributed by atoms with Crippen LogP contribution in [0.15, 0.2) is 23.5 Å². The van der Waals surface area contributed by atoms with Crippen LogP contribution < -0.4 is 0 Å². The predicted molar refractivity (Wildman–Crippen MR) is 103 cm³/mol. The number of rotatable bonds is 2. The molecule has 4 rings (SSSR count). The first kappa shape index (κ1) is 21.4. The van der Waals surface area contributed by atoms with Crippen molar-refractivity contribution in [3.05, 3.63) is 23.5 Å². The van der Waals surface area contributed by atoms with Crippen LogP contribution in [0.3, 0.4) is 0 Å². The molecule has 0 aromatic carbocycles. The standard InChI is InChI=1S/C23H29F3O4/c1-13(27)29-19-7-6-17-16-5-4-14-12-15(30-20(28)23(24,25)26)8-10-21(14,2)18(16)9-11-22(17,19)3/h8,12,16-19H,4-7,9-11H2,1-3H3/t16?,17?,18?,19-,21-,22-/m0/s1. The number of halogens is 3. The van der Waals surface area contributed by atoms with Gasteiger partial charge in [-0.3, -0.25) is 4.79 Å². The maximum Gasteiger partial charge on any atom is 0.491 e. The van der Waals surface area contributed by atoms with Gasteiger partial charge < -0.3 is 9.47 Å². The molecule has 0 aliphatic heterocycles. The SMILES string of the molecule is CC(=O)O[C@H]1CCC2C3CCC4=CC(OC(=O)C(F)(F)F)=CC[C@]4(C)C3CC[C@@]21C. The second-order valence-electron chi connectivity index (χ2n) is 9.92. The molecule has 30 heavy (non-hydrogen) atoms. The van der Waals surface area contributed by atoms with E-state index < -0.39 is 12.1 Å². The minimum absolute atomic E-state index is 0.00230. The van der Waals surface area contributed by atoms with Crippen LogP contribution in [0.2, 0.25) is 0 Å². The molecule has 0 heterocycles. The van der Waals surface area contributed by atoms with Crippen LogP contribution >= 0.6 is 0 Å². The zero-order valence-corrected chi connectivity index (χ0v) is 17.7. The van der Waals surface area contributed by atoms with Gasteiger partial charge in [-0.1, -0.05) is 19.4 Å². The van der Waals surface area contributed by atoms with Gasteiger partial charge in [0.2, 0.25) is 0 Å². The normalized spacial score (nSPS) is 40.3. The third-order valence-electron chi connectivity index (χ3n) is 8.44. The Morgan fingerprint density at radius 3 is 2.50 bits per heavy atom. The zero-order valence-electron chi connectivity index (χ0n) is 17.7. The average molecular weight is 426 g/mol. The molecule has 4 aliphatic carbocycles. The van der Waals surface area contributed by atoms with E-state index in [1.807, 2.05) is 0 Å². The molecule has 0 aromatic heterocycles. The van der Waals surface area contributed by atoms with Crippen LogP contribution in [-0.4, -0.2) is 24.2 Å². The lowest BCUT2D eigenvalue weighted by atomic mass is 9.48. The molecule has 0 saturated heterocycles. The highest BCUT2D eigenvalue weighted by Crippen LogP contribution is 2.65.